The van der Waals surface area contributed by atoms with Crippen LogP contribution in [0.15, 0.2) is 30.6 Å². The number of nitro benzene ring substituents is 2. The molecule has 2 rings (SSSR count). The summed E-state index contributed by atoms with van der Waals surface area (Å²) in [6.07, 6.45) is 3.46. The summed E-state index contributed by atoms with van der Waals surface area (Å²) in [5.74, 6) is 0. The molecule has 2 aromatic rings. The zero-order valence-corrected chi connectivity index (χ0v) is 10.1. The molecule has 0 bridgehead atoms. The zero-order valence-electron chi connectivity index (χ0n) is 9.32. The first kappa shape index (κ1) is 14.4. The molecule has 1 aromatic carbocycles. The van der Waals surface area contributed by atoms with E-state index in [0.29, 0.717) is 0 Å². The molecule has 0 aliphatic heterocycles. The summed E-state index contributed by atoms with van der Waals surface area (Å²) in [7, 11) is 0. The van der Waals surface area contributed by atoms with Crippen molar-refractivity contribution < 1.29 is 9.85 Å². The number of nitrogens with one attached hydrogen (secondary N) is 1. The number of benzene rings is 1. The summed E-state index contributed by atoms with van der Waals surface area (Å²) in [5, 5.41) is 26.7. The zero-order chi connectivity index (χ0) is 14.4. The largest absolute Gasteiger partial charge is 0.392 e. The number of aromatic amines is 1. The van der Waals surface area contributed by atoms with Gasteiger partial charge in [0, 0.05) is 18.5 Å². The van der Waals surface area contributed by atoms with Crippen LogP contribution >= 0.6 is 11.6 Å². The molecule has 3 N–H and O–H groups in total. The third kappa shape index (κ3) is 3.92. The molecule has 0 fully saturated rings. The molecular formula is C9H8ClN5O4. The molecule has 10 heteroatoms. The van der Waals surface area contributed by atoms with Crippen molar-refractivity contribution in [2.45, 2.75) is 0 Å². The average molecular weight is 286 g/mol. The number of nitrogens with two attached hydrogens (primary N) is 1. The fourth-order valence-electron chi connectivity index (χ4n) is 1.06. The lowest BCUT2D eigenvalue weighted by Crippen LogP contribution is -1.98. The molecule has 19 heavy (non-hydrogen) atoms. The van der Waals surface area contributed by atoms with Gasteiger partial charge in [0.05, 0.1) is 20.9 Å². The van der Waals surface area contributed by atoms with Crippen molar-refractivity contribution in [1.29, 1.82) is 0 Å². The Kier molecular flexibility index (Phi) is 4.77. The number of halogens is 1. The topological polar surface area (TPSA) is 141 Å². The first-order valence-electron chi connectivity index (χ1n) is 4.75. The van der Waals surface area contributed by atoms with E-state index >= 15 is 0 Å². The number of nitrogen functional groups attached to an aromatic ring is 1. The predicted molar refractivity (Wildman–Crippen MR) is 67.8 cm³/mol. The molecule has 0 saturated heterocycles. The summed E-state index contributed by atoms with van der Waals surface area (Å²) in [6.45, 7) is 0. The van der Waals surface area contributed by atoms with Gasteiger partial charge >= 0.3 is 5.69 Å². The number of hydrogen-bond donors (Lipinski definition) is 2. The van der Waals surface area contributed by atoms with Gasteiger partial charge < -0.3 is 5.73 Å². The highest BCUT2D eigenvalue weighted by atomic mass is 35.5. The summed E-state index contributed by atoms with van der Waals surface area (Å²) in [5.41, 5.74) is 3.95. The fourth-order valence-corrected chi connectivity index (χ4v) is 1.27. The van der Waals surface area contributed by atoms with Gasteiger partial charge in [0.1, 0.15) is 5.69 Å². The monoisotopic (exact) mass is 285 g/mol. The summed E-state index contributed by atoms with van der Waals surface area (Å²) >= 11 is 5.47. The van der Waals surface area contributed by atoms with Crippen molar-refractivity contribution in [3.63, 3.8) is 0 Å². The van der Waals surface area contributed by atoms with Gasteiger partial charge in [-0.2, -0.15) is 5.10 Å². The van der Waals surface area contributed by atoms with Gasteiger partial charge in [-0.05, 0) is 6.07 Å². The van der Waals surface area contributed by atoms with Crippen molar-refractivity contribution in [2.24, 2.45) is 0 Å². The van der Waals surface area contributed by atoms with Gasteiger partial charge in [0.2, 0.25) is 0 Å². The number of aromatic nitrogens is 2. The first-order valence-corrected chi connectivity index (χ1v) is 5.12. The van der Waals surface area contributed by atoms with E-state index in [9.17, 15) is 20.2 Å². The average Bonchev–Trinajstić information content (AvgIpc) is 2.90. The van der Waals surface area contributed by atoms with E-state index in [2.05, 4.69) is 10.2 Å². The minimum atomic E-state index is -0.825. The van der Waals surface area contributed by atoms with E-state index in [-0.39, 0.29) is 10.7 Å². The van der Waals surface area contributed by atoms with Crippen molar-refractivity contribution in [3.05, 3.63) is 55.8 Å². The third-order valence-electron chi connectivity index (χ3n) is 1.91. The van der Waals surface area contributed by atoms with Crippen LogP contribution in [0.4, 0.5) is 17.1 Å². The van der Waals surface area contributed by atoms with Gasteiger partial charge in [-0.3, -0.25) is 25.3 Å². The Labute approximate surface area is 111 Å². The van der Waals surface area contributed by atoms with Crippen LogP contribution in [-0.4, -0.2) is 20.0 Å². The second kappa shape index (κ2) is 6.31. The van der Waals surface area contributed by atoms with Gasteiger partial charge in [-0.25, -0.2) is 0 Å². The molecule has 0 aliphatic carbocycles. The lowest BCUT2D eigenvalue weighted by Gasteiger charge is -1.99. The smallest absolute Gasteiger partial charge is 0.300 e. The summed E-state index contributed by atoms with van der Waals surface area (Å²) in [6, 6.07) is 3.56. The number of non-ortho nitro benzene ring substituents is 1. The van der Waals surface area contributed by atoms with Crippen LogP contribution in [0.1, 0.15) is 0 Å². The van der Waals surface area contributed by atoms with E-state index < -0.39 is 21.2 Å². The van der Waals surface area contributed by atoms with Gasteiger partial charge in [0.15, 0.2) is 0 Å². The lowest BCUT2D eigenvalue weighted by atomic mass is 10.2. The maximum absolute atomic E-state index is 10.4. The van der Waals surface area contributed by atoms with Crippen LogP contribution < -0.4 is 5.73 Å². The summed E-state index contributed by atoms with van der Waals surface area (Å²) in [4.78, 5) is 19.1. The van der Waals surface area contributed by atoms with Crippen LogP contribution in [-0.2, 0) is 0 Å². The Bertz CT molecular complexity index is 569. The van der Waals surface area contributed by atoms with E-state index in [4.69, 9.17) is 17.3 Å². The maximum atomic E-state index is 10.4. The predicted octanol–water partition coefficient (Wildman–Crippen LogP) is 2.15. The minimum Gasteiger partial charge on any atom is -0.392 e. The quantitative estimate of drug-likeness (QED) is 0.492. The van der Waals surface area contributed by atoms with Crippen LogP contribution in [0.5, 0.6) is 0 Å². The van der Waals surface area contributed by atoms with Crippen LogP contribution in [0, 0.1) is 20.2 Å². The van der Waals surface area contributed by atoms with Crippen LogP contribution in [0.25, 0.3) is 0 Å². The standard InChI is InChI=1S/C6H4ClN3O4.C3H4N2/c7-4-1-3(9(11)12)2-5(6(4)8)10(13)14;1-2-4-5-3-1/h1-2H,8H2;1-3H,(H,4,5). The van der Waals surface area contributed by atoms with E-state index in [1.54, 1.807) is 12.4 Å². The van der Waals surface area contributed by atoms with Crippen LogP contribution in [0.3, 0.4) is 0 Å². The van der Waals surface area contributed by atoms with Crippen molar-refractivity contribution >= 4 is 28.7 Å². The molecule has 0 amide bonds. The second-order valence-electron chi connectivity index (χ2n) is 3.14. The molecule has 1 aromatic heterocycles. The highest BCUT2D eigenvalue weighted by molar-refractivity contribution is 6.33. The first-order chi connectivity index (χ1) is 8.93. The van der Waals surface area contributed by atoms with Gasteiger partial charge in [0.25, 0.3) is 5.69 Å². The van der Waals surface area contributed by atoms with Gasteiger partial charge in [-0.1, -0.05) is 11.6 Å². The minimum absolute atomic E-state index is 0.203. The molecule has 0 unspecified atom stereocenters. The van der Waals surface area contributed by atoms with E-state index in [0.717, 1.165) is 12.1 Å². The number of nitro groups is 2. The van der Waals surface area contributed by atoms with Gasteiger partial charge in [-0.15, -0.1) is 0 Å². The molecule has 0 aliphatic rings. The number of rotatable bonds is 2. The molecule has 0 spiro atoms. The number of hydrogen-bond acceptors (Lipinski definition) is 6. The van der Waals surface area contributed by atoms with Crippen molar-refractivity contribution in [3.8, 4) is 0 Å². The highest BCUT2D eigenvalue weighted by Crippen LogP contribution is 2.33. The third-order valence-corrected chi connectivity index (χ3v) is 2.22. The highest BCUT2D eigenvalue weighted by Gasteiger charge is 2.20. The Morgan fingerprint density at radius 3 is 2.32 bits per heavy atom. The molecule has 1 heterocycles. The fraction of sp³-hybridized carbons (Fsp3) is 0. The molecular weight excluding hydrogens is 278 g/mol. The van der Waals surface area contributed by atoms with E-state index in [1.807, 2.05) is 6.07 Å². The number of anilines is 1. The lowest BCUT2D eigenvalue weighted by molar-refractivity contribution is -0.393. The van der Waals surface area contributed by atoms with Crippen molar-refractivity contribution in [2.75, 3.05) is 5.73 Å². The molecule has 0 saturated carbocycles. The Hall–Kier alpha value is -2.68. The Morgan fingerprint density at radius 1 is 1.26 bits per heavy atom. The summed E-state index contributed by atoms with van der Waals surface area (Å²) < 4.78 is 0. The maximum Gasteiger partial charge on any atom is 0.300 e. The molecule has 100 valence electrons. The normalized spacial score (nSPS) is 9.32. The Balaban J connectivity index is 0.000000300. The molecule has 9 nitrogen and oxygen atoms in total. The van der Waals surface area contributed by atoms with Crippen LogP contribution in [0.2, 0.25) is 5.02 Å². The SMILES string of the molecule is Nc1c(Cl)cc([N+](=O)[O-])cc1[N+](=O)[O-].c1cn[nH]c1. The molecule has 0 atom stereocenters. The van der Waals surface area contributed by atoms with E-state index in [1.165, 1.54) is 0 Å². The number of nitrogens with zero attached hydrogens (tertiary/aromatic N) is 3. The second-order valence-corrected chi connectivity index (χ2v) is 3.55. The molecule has 0 radical (unpaired) electrons. The Morgan fingerprint density at radius 2 is 1.95 bits per heavy atom. The van der Waals surface area contributed by atoms with Crippen molar-refractivity contribution in [1.82, 2.24) is 10.2 Å². The number of H-pyrrole nitrogens is 1.